The molecular formula is C26H20Cl2N2O4. The third-order valence-electron chi connectivity index (χ3n) is 5.44. The SMILES string of the molecule is Cc1cccc(C)c1OCC(=O)Oc1ccc2c(c1)OC(N)=C(C#N)C2c1ccc(Cl)cc1Cl. The molecule has 34 heavy (non-hydrogen) atoms. The summed E-state index contributed by atoms with van der Waals surface area (Å²) in [5.41, 5.74) is 9.43. The van der Waals surface area contributed by atoms with Gasteiger partial charge in [-0.05, 0) is 48.7 Å². The number of nitrogens with two attached hydrogens (primary N) is 1. The fourth-order valence-corrected chi connectivity index (χ4v) is 4.39. The van der Waals surface area contributed by atoms with E-state index in [0.29, 0.717) is 32.7 Å². The molecule has 3 aromatic carbocycles. The number of carbonyl (C=O) groups excluding carboxylic acids is 1. The van der Waals surface area contributed by atoms with E-state index in [0.717, 1.165) is 11.1 Å². The first kappa shape index (κ1) is 23.5. The zero-order valence-corrected chi connectivity index (χ0v) is 19.9. The molecule has 1 aliphatic rings. The van der Waals surface area contributed by atoms with Gasteiger partial charge in [0.2, 0.25) is 5.88 Å². The number of nitrogens with zero attached hydrogens (tertiary/aromatic N) is 1. The van der Waals surface area contributed by atoms with Crippen LogP contribution in [-0.2, 0) is 4.79 Å². The molecule has 1 heterocycles. The van der Waals surface area contributed by atoms with Gasteiger partial charge in [0.15, 0.2) is 6.61 Å². The summed E-state index contributed by atoms with van der Waals surface area (Å²) in [7, 11) is 0. The number of para-hydroxylation sites is 1. The molecule has 0 saturated carbocycles. The Morgan fingerprint density at radius 2 is 1.79 bits per heavy atom. The highest BCUT2D eigenvalue weighted by Crippen LogP contribution is 2.45. The average Bonchev–Trinajstić information content (AvgIpc) is 2.78. The molecule has 6 nitrogen and oxygen atoms in total. The molecule has 0 fully saturated rings. The minimum Gasteiger partial charge on any atom is -0.481 e. The molecule has 0 bridgehead atoms. The second-order valence-electron chi connectivity index (χ2n) is 7.77. The van der Waals surface area contributed by atoms with Crippen LogP contribution >= 0.6 is 23.2 Å². The molecule has 0 saturated heterocycles. The van der Waals surface area contributed by atoms with E-state index in [4.69, 9.17) is 43.1 Å². The number of esters is 1. The first-order chi connectivity index (χ1) is 16.3. The van der Waals surface area contributed by atoms with E-state index in [1.807, 2.05) is 32.0 Å². The number of rotatable bonds is 5. The lowest BCUT2D eigenvalue weighted by atomic mass is 9.83. The van der Waals surface area contributed by atoms with Gasteiger partial charge in [-0.1, -0.05) is 53.5 Å². The number of allylic oxidation sites excluding steroid dienone is 1. The fourth-order valence-electron chi connectivity index (χ4n) is 3.87. The average molecular weight is 495 g/mol. The van der Waals surface area contributed by atoms with Gasteiger partial charge in [0, 0.05) is 21.7 Å². The van der Waals surface area contributed by atoms with Crippen molar-refractivity contribution in [2.45, 2.75) is 19.8 Å². The summed E-state index contributed by atoms with van der Waals surface area (Å²) in [4.78, 5) is 12.4. The summed E-state index contributed by atoms with van der Waals surface area (Å²) < 4.78 is 16.8. The molecule has 1 aliphatic heterocycles. The predicted octanol–water partition coefficient (Wildman–Crippen LogP) is 5.81. The normalized spacial score (nSPS) is 14.6. The van der Waals surface area contributed by atoms with Gasteiger partial charge >= 0.3 is 5.97 Å². The molecule has 1 atom stereocenters. The largest absolute Gasteiger partial charge is 0.481 e. The van der Waals surface area contributed by atoms with Crippen LogP contribution in [0.25, 0.3) is 0 Å². The Balaban J connectivity index is 1.58. The Bertz CT molecular complexity index is 1340. The van der Waals surface area contributed by atoms with Crippen LogP contribution in [0.5, 0.6) is 17.2 Å². The monoisotopic (exact) mass is 494 g/mol. The molecule has 1 unspecified atom stereocenters. The highest BCUT2D eigenvalue weighted by molar-refractivity contribution is 6.35. The summed E-state index contributed by atoms with van der Waals surface area (Å²) in [6.45, 7) is 3.56. The minimum absolute atomic E-state index is 0.0483. The molecule has 8 heteroatoms. The second-order valence-corrected chi connectivity index (χ2v) is 8.62. The van der Waals surface area contributed by atoms with Crippen LogP contribution in [0.4, 0.5) is 0 Å². The molecule has 0 aliphatic carbocycles. The van der Waals surface area contributed by atoms with E-state index < -0.39 is 11.9 Å². The number of aryl methyl sites for hydroxylation is 2. The van der Waals surface area contributed by atoms with Gasteiger partial charge < -0.3 is 19.9 Å². The van der Waals surface area contributed by atoms with Gasteiger partial charge in [-0.3, -0.25) is 0 Å². The maximum atomic E-state index is 12.4. The Morgan fingerprint density at radius 1 is 1.09 bits per heavy atom. The third kappa shape index (κ3) is 4.67. The molecule has 0 aromatic heterocycles. The number of benzene rings is 3. The van der Waals surface area contributed by atoms with Crippen molar-refractivity contribution in [1.29, 1.82) is 5.26 Å². The summed E-state index contributed by atoms with van der Waals surface area (Å²) in [5, 5.41) is 10.6. The van der Waals surface area contributed by atoms with Crippen LogP contribution in [0.3, 0.4) is 0 Å². The highest BCUT2D eigenvalue weighted by atomic mass is 35.5. The lowest BCUT2D eigenvalue weighted by molar-refractivity contribution is -0.136. The molecule has 3 aromatic rings. The van der Waals surface area contributed by atoms with Gasteiger partial charge in [0.1, 0.15) is 28.9 Å². The fraction of sp³-hybridized carbons (Fsp3) is 0.154. The van der Waals surface area contributed by atoms with Crippen molar-refractivity contribution in [3.8, 4) is 23.3 Å². The first-order valence-electron chi connectivity index (χ1n) is 10.3. The Morgan fingerprint density at radius 3 is 2.47 bits per heavy atom. The van der Waals surface area contributed by atoms with Crippen molar-refractivity contribution in [2.75, 3.05) is 6.61 Å². The lowest BCUT2D eigenvalue weighted by Gasteiger charge is -2.27. The van der Waals surface area contributed by atoms with Crippen molar-refractivity contribution >= 4 is 29.2 Å². The zero-order valence-electron chi connectivity index (χ0n) is 18.4. The molecular weight excluding hydrogens is 475 g/mol. The van der Waals surface area contributed by atoms with E-state index in [1.54, 1.807) is 36.4 Å². The van der Waals surface area contributed by atoms with Gasteiger partial charge in [-0.25, -0.2) is 4.79 Å². The lowest BCUT2D eigenvalue weighted by Crippen LogP contribution is -2.22. The van der Waals surface area contributed by atoms with Crippen LogP contribution in [0.1, 0.15) is 28.2 Å². The van der Waals surface area contributed by atoms with E-state index in [-0.39, 0.29) is 23.8 Å². The van der Waals surface area contributed by atoms with Crippen molar-refractivity contribution in [2.24, 2.45) is 5.73 Å². The Hall–Kier alpha value is -3.66. The topological polar surface area (TPSA) is 94.6 Å². The summed E-state index contributed by atoms with van der Waals surface area (Å²) in [5.74, 6) is 0.0785. The molecule has 4 rings (SSSR count). The van der Waals surface area contributed by atoms with Gasteiger partial charge in [0.25, 0.3) is 0 Å². The maximum Gasteiger partial charge on any atom is 0.349 e. The van der Waals surface area contributed by atoms with Gasteiger partial charge in [-0.15, -0.1) is 0 Å². The van der Waals surface area contributed by atoms with E-state index in [9.17, 15) is 10.1 Å². The van der Waals surface area contributed by atoms with Gasteiger partial charge in [-0.2, -0.15) is 5.26 Å². The third-order valence-corrected chi connectivity index (χ3v) is 6.00. The Labute approximate surface area is 207 Å². The molecule has 2 N–H and O–H groups in total. The molecule has 0 spiro atoms. The number of ether oxygens (including phenoxy) is 3. The minimum atomic E-state index is -0.572. The number of fused-ring (bicyclic) bond motifs is 1. The molecule has 172 valence electrons. The van der Waals surface area contributed by atoms with Crippen LogP contribution in [0.15, 0.2) is 66.1 Å². The number of hydrogen-bond donors (Lipinski definition) is 1. The maximum absolute atomic E-state index is 12.4. The first-order valence-corrected chi connectivity index (χ1v) is 11.1. The van der Waals surface area contributed by atoms with Crippen molar-refractivity contribution in [3.05, 3.63) is 98.4 Å². The quantitative estimate of drug-likeness (QED) is 0.355. The van der Waals surface area contributed by atoms with Crippen molar-refractivity contribution < 1.29 is 19.0 Å². The summed E-state index contributed by atoms with van der Waals surface area (Å²) >= 11 is 12.5. The van der Waals surface area contributed by atoms with Crippen molar-refractivity contribution in [3.63, 3.8) is 0 Å². The van der Waals surface area contributed by atoms with Gasteiger partial charge in [0.05, 0.1) is 5.92 Å². The van der Waals surface area contributed by atoms with Crippen LogP contribution in [0, 0.1) is 25.2 Å². The number of halogens is 2. The summed E-state index contributed by atoms with van der Waals surface area (Å²) in [6, 6.07) is 17.8. The van der Waals surface area contributed by atoms with Crippen LogP contribution < -0.4 is 19.9 Å². The molecule has 0 amide bonds. The smallest absolute Gasteiger partial charge is 0.349 e. The molecule has 0 radical (unpaired) electrons. The highest BCUT2D eigenvalue weighted by Gasteiger charge is 2.32. The van der Waals surface area contributed by atoms with Crippen molar-refractivity contribution in [1.82, 2.24) is 0 Å². The van der Waals surface area contributed by atoms with E-state index in [1.165, 1.54) is 0 Å². The van der Waals surface area contributed by atoms with Crippen LogP contribution in [0.2, 0.25) is 10.0 Å². The van der Waals surface area contributed by atoms with E-state index in [2.05, 4.69) is 6.07 Å². The zero-order chi connectivity index (χ0) is 24.4. The number of nitriles is 1. The van der Waals surface area contributed by atoms with E-state index >= 15 is 0 Å². The Kier molecular flexibility index (Phi) is 6.69. The summed E-state index contributed by atoms with van der Waals surface area (Å²) in [6.07, 6.45) is 0. The standard InChI is InChI=1S/C26H20Cl2N2O4/c1-14-4-3-5-15(2)25(14)32-13-23(31)33-17-7-9-19-22(11-17)34-26(30)20(12-29)24(19)18-8-6-16(27)10-21(18)28/h3-11,24H,13,30H2,1-2H3. The predicted molar refractivity (Wildman–Crippen MR) is 129 cm³/mol. The number of hydrogen-bond acceptors (Lipinski definition) is 6. The van der Waals surface area contributed by atoms with Crippen LogP contribution in [-0.4, -0.2) is 12.6 Å². The second kappa shape index (κ2) is 9.68. The number of carbonyl (C=O) groups is 1.